The molecule has 222 valence electrons. The lowest BCUT2D eigenvalue weighted by Crippen LogP contribution is -2.14. The molecule has 8 rings (SSSR count). The van der Waals surface area contributed by atoms with E-state index in [1.54, 1.807) is 0 Å². The maximum Gasteiger partial charge on any atom is 0.187 e. The number of benzene rings is 6. The van der Waals surface area contributed by atoms with E-state index in [0.29, 0.717) is 23.2 Å². The summed E-state index contributed by atoms with van der Waals surface area (Å²) in [6, 6.07) is 50.0. The van der Waals surface area contributed by atoms with Crippen molar-refractivity contribution in [3.8, 4) is 67.5 Å². The van der Waals surface area contributed by atoms with E-state index in [1.165, 1.54) is 22.3 Å². The molecule has 0 N–H and O–H groups in total. The van der Waals surface area contributed by atoms with E-state index in [1.807, 2.05) is 48.5 Å². The molecule has 0 saturated heterocycles. The lowest BCUT2D eigenvalue weighted by Gasteiger charge is -2.21. The van der Waals surface area contributed by atoms with Gasteiger partial charge in [-0.1, -0.05) is 141 Å². The molecule has 0 unspecified atom stereocenters. The molecular formula is C43H30N4. The topological polar surface area (TPSA) is 43.0 Å². The Morgan fingerprint density at radius 2 is 0.872 bits per heavy atom. The summed E-state index contributed by atoms with van der Waals surface area (Å²) in [6.07, 6.45) is 0. The van der Waals surface area contributed by atoms with Gasteiger partial charge in [0, 0.05) is 22.1 Å². The van der Waals surface area contributed by atoms with Crippen LogP contribution in [0.2, 0.25) is 0 Å². The lowest BCUT2D eigenvalue weighted by atomic mass is 9.82. The minimum Gasteiger partial charge on any atom is -0.238 e. The highest BCUT2D eigenvalue weighted by Gasteiger charge is 2.35. The Hall–Kier alpha value is -6.18. The SMILES string of the molecule is [C-]#[N+]c1ccc2c(c1)-c1cc(-c3cccc(-c4nc(-c5ccccc5)nc(-c5ccc(-c6ccccc6)cc5)n4)c3)ccc1C2(C)C. The van der Waals surface area contributed by atoms with E-state index >= 15 is 0 Å². The van der Waals surface area contributed by atoms with E-state index < -0.39 is 0 Å². The molecule has 0 bridgehead atoms. The van der Waals surface area contributed by atoms with Crippen molar-refractivity contribution in [2.24, 2.45) is 0 Å². The summed E-state index contributed by atoms with van der Waals surface area (Å²) in [4.78, 5) is 18.6. The quantitative estimate of drug-likeness (QED) is 0.184. The number of hydrogen-bond acceptors (Lipinski definition) is 3. The number of rotatable bonds is 5. The normalized spacial score (nSPS) is 12.6. The summed E-state index contributed by atoms with van der Waals surface area (Å²) in [5.74, 6) is 1.89. The van der Waals surface area contributed by atoms with Gasteiger partial charge in [0.2, 0.25) is 0 Å². The van der Waals surface area contributed by atoms with Gasteiger partial charge in [0.25, 0.3) is 0 Å². The van der Waals surface area contributed by atoms with Crippen molar-refractivity contribution in [2.45, 2.75) is 19.3 Å². The highest BCUT2D eigenvalue weighted by molar-refractivity contribution is 5.87. The van der Waals surface area contributed by atoms with Crippen LogP contribution in [-0.4, -0.2) is 15.0 Å². The molecule has 4 nitrogen and oxygen atoms in total. The highest BCUT2D eigenvalue weighted by atomic mass is 15.0. The first-order valence-corrected chi connectivity index (χ1v) is 15.7. The van der Waals surface area contributed by atoms with Crippen LogP contribution in [0.1, 0.15) is 25.0 Å². The summed E-state index contributed by atoms with van der Waals surface area (Å²) >= 11 is 0. The molecule has 1 aromatic heterocycles. The fraction of sp³-hybridized carbons (Fsp3) is 0.0698. The van der Waals surface area contributed by atoms with Crippen molar-refractivity contribution >= 4 is 5.69 Å². The molecule has 4 heteroatoms. The van der Waals surface area contributed by atoms with Crippen LogP contribution < -0.4 is 0 Å². The van der Waals surface area contributed by atoms with Gasteiger partial charge in [-0.2, -0.15) is 0 Å². The van der Waals surface area contributed by atoms with E-state index in [0.717, 1.165) is 38.9 Å². The maximum atomic E-state index is 7.57. The van der Waals surface area contributed by atoms with Gasteiger partial charge in [0.15, 0.2) is 23.2 Å². The molecule has 6 aromatic carbocycles. The highest BCUT2D eigenvalue weighted by Crippen LogP contribution is 2.50. The van der Waals surface area contributed by atoms with Gasteiger partial charge in [-0.3, -0.25) is 0 Å². The molecular weight excluding hydrogens is 573 g/mol. The third kappa shape index (κ3) is 5.09. The standard InChI is InChI=1S/C43H30N4/c1-43(2)38-23-21-33(26-36(38)37-27-35(44-3)22-24-39(37)43)32-15-10-16-34(25-32)42-46-40(30-13-8-5-9-14-30)45-41(47-42)31-19-17-29(18-20-31)28-11-6-4-7-12-28/h4-27H,1-2H3. The number of hydrogen-bond donors (Lipinski definition) is 0. The van der Waals surface area contributed by atoms with E-state index in [9.17, 15) is 0 Å². The van der Waals surface area contributed by atoms with Crippen molar-refractivity contribution in [1.82, 2.24) is 15.0 Å². The Kier molecular flexibility index (Phi) is 6.82. The molecule has 1 aliphatic rings. The summed E-state index contributed by atoms with van der Waals surface area (Å²) in [6.45, 7) is 12.1. The molecule has 7 aromatic rings. The summed E-state index contributed by atoms with van der Waals surface area (Å²) in [5.41, 5.74) is 12.7. The fourth-order valence-electron chi connectivity index (χ4n) is 6.64. The number of fused-ring (bicyclic) bond motifs is 3. The van der Waals surface area contributed by atoms with Gasteiger partial charge in [0.1, 0.15) is 0 Å². The third-order valence-electron chi connectivity index (χ3n) is 9.16. The first-order valence-electron chi connectivity index (χ1n) is 15.7. The van der Waals surface area contributed by atoms with Crippen LogP contribution in [0.25, 0.3) is 72.4 Å². The van der Waals surface area contributed by atoms with E-state index in [4.69, 9.17) is 21.5 Å². The van der Waals surface area contributed by atoms with Crippen LogP contribution in [-0.2, 0) is 5.41 Å². The van der Waals surface area contributed by atoms with Crippen LogP contribution in [0.4, 0.5) is 5.69 Å². The smallest absolute Gasteiger partial charge is 0.187 e. The average Bonchev–Trinajstić information content (AvgIpc) is 3.37. The van der Waals surface area contributed by atoms with Gasteiger partial charge < -0.3 is 0 Å². The lowest BCUT2D eigenvalue weighted by molar-refractivity contribution is 0.660. The Labute approximate surface area is 274 Å². The molecule has 0 saturated carbocycles. The van der Waals surface area contributed by atoms with E-state index in [2.05, 4.69) is 116 Å². The second kappa shape index (κ2) is 11.3. The van der Waals surface area contributed by atoms with Crippen LogP contribution in [0.15, 0.2) is 146 Å². The second-order valence-corrected chi connectivity index (χ2v) is 12.4. The summed E-state index contributed by atoms with van der Waals surface area (Å²) in [5, 5.41) is 0. The molecule has 0 aliphatic heterocycles. The van der Waals surface area contributed by atoms with Gasteiger partial charge in [-0.25, -0.2) is 19.8 Å². The second-order valence-electron chi connectivity index (χ2n) is 12.4. The Balaban J connectivity index is 1.21. The summed E-state index contributed by atoms with van der Waals surface area (Å²) < 4.78 is 0. The molecule has 1 aliphatic carbocycles. The molecule has 1 heterocycles. The molecule has 0 atom stereocenters. The number of nitrogens with zero attached hydrogens (tertiary/aromatic N) is 4. The average molecular weight is 603 g/mol. The zero-order valence-electron chi connectivity index (χ0n) is 26.1. The monoisotopic (exact) mass is 602 g/mol. The first-order chi connectivity index (χ1) is 23.0. The first kappa shape index (κ1) is 28.3. The van der Waals surface area contributed by atoms with E-state index in [-0.39, 0.29) is 5.41 Å². The van der Waals surface area contributed by atoms with Gasteiger partial charge in [0.05, 0.1) is 6.57 Å². The molecule has 0 spiro atoms. The Morgan fingerprint density at radius 3 is 1.53 bits per heavy atom. The molecule has 0 fully saturated rings. The van der Waals surface area contributed by atoms with Crippen LogP contribution >= 0.6 is 0 Å². The summed E-state index contributed by atoms with van der Waals surface area (Å²) in [7, 11) is 0. The largest absolute Gasteiger partial charge is 0.238 e. The molecule has 0 amide bonds. The van der Waals surface area contributed by atoms with Crippen molar-refractivity contribution in [2.75, 3.05) is 0 Å². The van der Waals surface area contributed by atoms with Gasteiger partial charge in [-0.05, 0) is 62.7 Å². The predicted octanol–water partition coefficient (Wildman–Crippen LogP) is 11.1. The fourth-order valence-corrected chi connectivity index (χ4v) is 6.64. The molecule has 47 heavy (non-hydrogen) atoms. The van der Waals surface area contributed by atoms with Crippen LogP contribution in [0.3, 0.4) is 0 Å². The Bertz CT molecular complexity index is 2320. The third-order valence-corrected chi connectivity index (χ3v) is 9.16. The van der Waals surface area contributed by atoms with Crippen molar-refractivity contribution in [3.05, 3.63) is 168 Å². The van der Waals surface area contributed by atoms with Gasteiger partial charge >= 0.3 is 0 Å². The van der Waals surface area contributed by atoms with Crippen molar-refractivity contribution < 1.29 is 0 Å². The van der Waals surface area contributed by atoms with Crippen molar-refractivity contribution in [3.63, 3.8) is 0 Å². The Morgan fingerprint density at radius 1 is 0.426 bits per heavy atom. The zero-order chi connectivity index (χ0) is 32.0. The zero-order valence-corrected chi connectivity index (χ0v) is 26.1. The number of aromatic nitrogens is 3. The van der Waals surface area contributed by atoms with Crippen LogP contribution in [0, 0.1) is 6.57 Å². The molecule has 0 radical (unpaired) electrons. The van der Waals surface area contributed by atoms with Gasteiger partial charge in [-0.15, -0.1) is 0 Å². The minimum absolute atomic E-state index is 0.125. The predicted molar refractivity (Wildman–Crippen MR) is 191 cm³/mol. The maximum absolute atomic E-state index is 7.57. The van der Waals surface area contributed by atoms with Crippen molar-refractivity contribution in [1.29, 1.82) is 0 Å². The van der Waals surface area contributed by atoms with Crippen LogP contribution in [0.5, 0.6) is 0 Å². The minimum atomic E-state index is -0.125.